The molecular formula is C13H27NO2S. The lowest BCUT2D eigenvalue weighted by Gasteiger charge is -2.34. The number of carbonyl (C=O) groups is 1. The zero-order chi connectivity index (χ0) is 13.9. The van der Waals surface area contributed by atoms with Crippen LogP contribution in [-0.2, 0) is 9.53 Å². The summed E-state index contributed by atoms with van der Waals surface area (Å²) < 4.78 is 5.53. The van der Waals surface area contributed by atoms with Gasteiger partial charge in [0.25, 0.3) is 0 Å². The molecule has 0 radical (unpaired) electrons. The van der Waals surface area contributed by atoms with Crippen LogP contribution in [0.5, 0.6) is 0 Å². The Hall–Kier alpha value is -0.220. The Morgan fingerprint density at radius 2 is 1.71 bits per heavy atom. The maximum Gasteiger partial charge on any atom is 0.311 e. The standard InChI is InChI=1S/C13H27NO2S/c1-12(2,3)10(14)9(7-8-17)16-11(15)13(4,5)6/h9-10,17H,7-8,14H2,1-6H3. The van der Waals surface area contributed by atoms with E-state index in [2.05, 4.69) is 12.6 Å². The fourth-order valence-corrected chi connectivity index (χ4v) is 1.57. The molecule has 0 aliphatic heterocycles. The van der Waals surface area contributed by atoms with E-state index in [1.54, 1.807) is 0 Å². The largest absolute Gasteiger partial charge is 0.460 e. The van der Waals surface area contributed by atoms with Crippen molar-refractivity contribution in [1.82, 2.24) is 0 Å². The molecule has 0 aromatic heterocycles. The van der Waals surface area contributed by atoms with Crippen molar-refractivity contribution in [2.45, 2.75) is 60.1 Å². The SMILES string of the molecule is CC(C)(C)C(=O)OC(CCS)C(N)C(C)(C)C. The Morgan fingerprint density at radius 1 is 1.24 bits per heavy atom. The quantitative estimate of drug-likeness (QED) is 0.604. The second kappa shape index (κ2) is 6.10. The van der Waals surface area contributed by atoms with Crippen LogP contribution in [0, 0.1) is 10.8 Å². The Morgan fingerprint density at radius 3 is 2.00 bits per heavy atom. The van der Waals surface area contributed by atoms with Gasteiger partial charge in [-0.2, -0.15) is 12.6 Å². The lowest BCUT2D eigenvalue weighted by Crippen LogP contribution is -2.48. The van der Waals surface area contributed by atoms with E-state index in [9.17, 15) is 4.79 Å². The van der Waals surface area contributed by atoms with Crippen molar-refractivity contribution in [3.05, 3.63) is 0 Å². The van der Waals surface area contributed by atoms with Gasteiger partial charge in [-0.1, -0.05) is 20.8 Å². The fourth-order valence-electron chi connectivity index (χ4n) is 1.31. The maximum atomic E-state index is 11.9. The molecule has 0 heterocycles. The highest BCUT2D eigenvalue weighted by Crippen LogP contribution is 2.26. The van der Waals surface area contributed by atoms with Crippen molar-refractivity contribution < 1.29 is 9.53 Å². The summed E-state index contributed by atoms with van der Waals surface area (Å²) in [5, 5.41) is 0. The number of thiol groups is 1. The molecule has 0 saturated carbocycles. The monoisotopic (exact) mass is 261 g/mol. The lowest BCUT2D eigenvalue weighted by atomic mass is 9.83. The number of nitrogens with two attached hydrogens (primary N) is 1. The molecule has 4 heteroatoms. The minimum absolute atomic E-state index is 0.0915. The number of carbonyl (C=O) groups excluding carboxylic acids is 1. The van der Waals surface area contributed by atoms with Gasteiger partial charge < -0.3 is 10.5 Å². The van der Waals surface area contributed by atoms with Gasteiger partial charge in [0.1, 0.15) is 6.10 Å². The van der Waals surface area contributed by atoms with Crippen LogP contribution in [-0.4, -0.2) is 23.9 Å². The van der Waals surface area contributed by atoms with Gasteiger partial charge in [0, 0.05) is 6.04 Å². The second-order valence-corrected chi connectivity index (χ2v) is 7.05. The first-order chi connectivity index (χ1) is 7.50. The van der Waals surface area contributed by atoms with E-state index in [4.69, 9.17) is 10.5 Å². The summed E-state index contributed by atoms with van der Waals surface area (Å²) in [6.45, 7) is 11.7. The number of rotatable bonds is 4. The smallest absolute Gasteiger partial charge is 0.311 e. The summed E-state index contributed by atoms with van der Waals surface area (Å²) in [6.07, 6.45) is 0.419. The average Bonchev–Trinajstić information content (AvgIpc) is 2.12. The van der Waals surface area contributed by atoms with E-state index in [0.29, 0.717) is 12.2 Å². The average molecular weight is 261 g/mol. The number of ether oxygens (including phenoxy) is 1. The minimum Gasteiger partial charge on any atom is -0.460 e. The normalized spacial score (nSPS) is 16.5. The molecule has 0 rings (SSSR count). The third kappa shape index (κ3) is 5.77. The van der Waals surface area contributed by atoms with Crippen molar-refractivity contribution >= 4 is 18.6 Å². The Labute approximate surface area is 111 Å². The molecule has 2 unspecified atom stereocenters. The second-order valence-electron chi connectivity index (χ2n) is 6.60. The van der Waals surface area contributed by atoms with E-state index >= 15 is 0 Å². The van der Waals surface area contributed by atoms with E-state index in [1.807, 2.05) is 41.5 Å². The Kier molecular flexibility index (Phi) is 6.02. The highest BCUT2D eigenvalue weighted by molar-refractivity contribution is 7.80. The van der Waals surface area contributed by atoms with Crippen LogP contribution in [0.15, 0.2) is 0 Å². The molecule has 0 aliphatic carbocycles. The molecule has 3 nitrogen and oxygen atoms in total. The van der Waals surface area contributed by atoms with Crippen molar-refractivity contribution in [1.29, 1.82) is 0 Å². The molecule has 0 bridgehead atoms. The van der Waals surface area contributed by atoms with Crippen molar-refractivity contribution in [3.8, 4) is 0 Å². The number of hydrogen-bond acceptors (Lipinski definition) is 4. The first-order valence-electron chi connectivity index (χ1n) is 6.07. The molecule has 2 atom stereocenters. The first-order valence-corrected chi connectivity index (χ1v) is 6.71. The number of esters is 1. The van der Waals surface area contributed by atoms with Crippen LogP contribution in [0.2, 0.25) is 0 Å². The number of hydrogen-bond donors (Lipinski definition) is 2. The molecule has 102 valence electrons. The molecule has 0 aliphatic rings. The van der Waals surface area contributed by atoms with E-state index in [1.165, 1.54) is 0 Å². The molecule has 0 fully saturated rings. The summed E-state index contributed by atoms with van der Waals surface area (Å²) in [6, 6.07) is -0.180. The molecule has 0 amide bonds. The summed E-state index contributed by atoms with van der Waals surface area (Å²) in [5.74, 6) is 0.454. The third-order valence-corrected chi connectivity index (χ3v) is 2.94. The zero-order valence-corrected chi connectivity index (χ0v) is 12.8. The third-order valence-electron chi connectivity index (χ3n) is 2.68. The molecule has 2 N–H and O–H groups in total. The van der Waals surface area contributed by atoms with Crippen LogP contribution >= 0.6 is 12.6 Å². The van der Waals surface area contributed by atoms with Gasteiger partial charge in [0.05, 0.1) is 5.41 Å². The van der Waals surface area contributed by atoms with Crippen LogP contribution in [0.25, 0.3) is 0 Å². The molecule has 0 saturated heterocycles. The highest BCUT2D eigenvalue weighted by atomic mass is 32.1. The lowest BCUT2D eigenvalue weighted by molar-refractivity contribution is -0.161. The molecular weight excluding hydrogens is 234 g/mol. The van der Waals surface area contributed by atoms with E-state index in [0.717, 1.165) is 0 Å². The van der Waals surface area contributed by atoms with Gasteiger partial charge >= 0.3 is 5.97 Å². The maximum absolute atomic E-state index is 11.9. The van der Waals surface area contributed by atoms with Gasteiger partial charge in [0.15, 0.2) is 0 Å². The molecule has 17 heavy (non-hydrogen) atoms. The van der Waals surface area contributed by atoms with Gasteiger partial charge in [-0.3, -0.25) is 4.79 Å². The van der Waals surface area contributed by atoms with Gasteiger partial charge in [-0.25, -0.2) is 0 Å². The van der Waals surface area contributed by atoms with Gasteiger partial charge in [0.2, 0.25) is 0 Å². The van der Waals surface area contributed by atoms with Gasteiger partial charge in [-0.05, 0) is 38.4 Å². The van der Waals surface area contributed by atoms with Crippen LogP contribution in [0.4, 0.5) is 0 Å². The Bertz CT molecular complexity index is 253. The van der Waals surface area contributed by atoms with Crippen LogP contribution in [0.1, 0.15) is 48.0 Å². The summed E-state index contributed by atoms with van der Waals surface area (Å²) in [7, 11) is 0. The predicted octanol–water partition coefficient (Wildman–Crippen LogP) is 2.64. The summed E-state index contributed by atoms with van der Waals surface area (Å²) >= 11 is 4.20. The van der Waals surface area contributed by atoms with Crippen molar-refractivity contribution in [2.75, 3.05) is 5.75 Å². The Balaban J connectivity index is 4.71. The molecule has 0 aromatic carbocycles. The van der Waals surface area contributed by atoms with Crippen molar-refractivity contribution in [2.24, 2.45) is 16.6 Å². The zero-order valence-electron chi connectivity index (χ0n) is 11.9. The van der Waals surface area contributed by atoms with Crippen molar-refractivity contribution in [3.63, 3.8) is 0 Å². The summed E-state index contributed by atoms with van der Waals surface area (Å²) in [4.78, 5) is 11.9. The van der Waals surface area contributed by atoms with Crippen LogP contribution < -0.4 is 5.73 Å². The molecule has 0 aromatic rings. The van der Waals surface area contributed by atoms with E-state index in [-0.39, 0.29) is 23.5 Å². The predicted molar refractivity (Wildman–Crippen MR) is 75.2 cm³/mol. The van der Waals surface area contributed by atoms with E-state index < -0.39 is 5.41 Å². The first kappa shape index (κ1) is 16.8. The topological polar surface area (TPSA) is 52.3 Å². The fraction of sp³-hybridized carbons (Fsp3) is 0.923. The minimum atomic E-state index is -0.494. The van der Waals surface area contributed by atoms with Crippen LogP contribution in [0.3, 0.4) is 0 Å². The highest BCUT2D eigenvalue weighted by Gasteiger charge is 2.34. The summed E-state index contributed by atoms with van der Waals surface area (Å²) in [5.41, 5.74) is 5.58. The molecule has 0 spiro atoms. The van der Waals surface area contributed by atoms with Gasteiger partial charge in [-0.15, -0.1) is 0 Å².